The molecule has 0 saturated carbocycles. The number of aryl methyl sites for hydroxylation is 1. The van der Waals surface area contributed by atoms with Crippen LogP contribution in [-0.2, 0) is 22.4 Å². The summed E-state index contributed by atoms with van der Waals surface area (Å²) in [5.41, 5.74) is 1.26. The van der Waals surface area contributed by atoms with Gasteiger partial charge in [0, 0.05) is 25.9 Å². The molecule has 2 heterocycles. The lowest BCUT2D eigenvalue weighted by atomic mass is 9.97. The quantitative estimate of drug-likeness (QED) is 0.602. The standard InChI is InChI=1S/C16H21N5O4/c1-11-8-9-12-6-4-5-7-13(12)20(11)16(23)21-15(22)19(17-18-21)10-14(24-2)25-3/h4-7,11,14H,8-10H2,1-3H3. The summed E-state index contributed by atoms with van der Waals surface area (Å²) in [6.45, 7) is 2.00. The number of fused-ring (bicyclic) bond motifs is 1. The normalized spacial score (nSPS) is 17.0. The lowest BCUT2D eigenvalue weighted by Gasteiger charge is -2.34. The highest BCUT2D eigenvalue weighted by Gasteiger charge is 2.31. The molecule has 134 valence electrons. The summed E-state index contributed by atoms with van der Waals surface area (Å²) >= 11 is 0. The third-order valence-corrected chi connectivity index (χ3v) is 4.40. The Morgan fingerprint density at radius 1 is 1.28 bits per heavy atom. The van der Waals surface area contributed by atoms with Crippen molar-refractivity contribution >= 4 is 11.7 Å². The van der Waals surface area contributed by atoms with Crippen molar-refractivity contribution < 1.29 is 14.3 Å². The molecule has 0 N–H and O–H groups in total. The molecule has 3 rings (SSSR count). The molecule has 1 amide bonds. The highest BCUT2D eigenvalue weighted by atomic mass is 16.7. The Bertz CT molecular complexity index is 811. The molecular weight excluding hydrogens is 326 g/mol. The summed E-state index contributed by atoms with van der Waals surface area (Å²) in [5.74, 6) is 0. The monoisotopic (exact) mass is 347 g/mol. The number of methoxy groups -OCH3 is 2. The average molecular weight is 347 g/mol. The minimum atomic E-state index is -0.646. The van der Waals surface area contributed by atoms with Crippen molar-refractivity contribution in [2.24, 2.45) is 0 Å². The molecule has 1 aromatic carbocycles. The largest absolute Gasteiger partial charge is 0.372 e. The van der Waals surface area contributed by atoms with E-state index in [9.17, 15) is 9.59 Å². The molecule has 1 atom stereocenters. The Labute approximate surface area is 144 Å². The van der Waals surface area contributed by atoms with Gasteiger partial charge in [-0.15, -0.1) is 4.68 Å². The molecule has 2 aromatic rings. The third kappa shape index (κ3) is 3.20. The van der Waals surface area contributed by atoms with Crippen LogP contribution in [-0.4, -0.2) is 52.4 Å². The molecule has 0 aliphatic carbocycles. The number of tetrazole rings is 1. The number of aromatic nitrogens is 4. The maximum Gasteiger partial charge on any atom is 0.372 e. The van der Waals surface area contributed by atoms with Crippen LogP contribution in [0.2, 0.25) is 0 Å². The number of para-hydroxylation sites is 1. The second-order valence-electron chi connectivity index (χ2n) is 5.93. The molecule has 0 radical (unpaired) electrons. The number of ether oxygens (including phenoxy) is 2. The Kier molecular flexibility index (Phi) is 4.95. The predicted octanol–water partition coefficient (Wildman–Crippen LogP) is 0.868. The van der Waals surface area contributed by atoms with E-state index in [1.165, 1.54) is 14.2 Å². The topological polar surface area (TPSA) is 91.5 Å². The van der Waals surface area contributed by atoms with Crippen LogP contribution in [0.25, 0.3) is 0 Å². The first kappa shape index (κ1) is 17.3. The molecule has 1 aliphatic rings. The van der Waals surface area contributed by atoms with E-state index in [4.69, 9.17) is 9.47 Å². The maximum atomic E-state index is 12.9. The van der Waals surface area contributed by atoms with E-state index in [0.717, 1.165) is 33.5 Å². The van der Waals surface area contributed by atoms with Gasteiger partial charge < -0.3 is 9.47 Å². The van der Waals surface area contributed by atoms with E-state index in [1.807, 2.05) is 31.2 Å². The Morgan fingerprint density at radius 3 is 2.72 bits per heavy atom. The first-order valence-electron chi connectivity index (χ1n) is 8.06. The summed E-state index contributed by atoms with van der Waals surface area (Å²) in [7, 11) is 2.92. The fourth-order valence-corrected chi connectivity index (χ4v) is 2.98. The molecule has 9 heteroatoms. The number of hydrogen-bond acceptors (Lipinski definition) is 6. The number of anilines is 1. The van der Waals surface area contributed by atoms with Crippen LogP contribution in [0.1, 0.15) is 18.9 Å². The number of nitrogens with zero attached hydrogens (tertiary/aromatic N) is 5. The van der Waals surface area contributed by atoms with Crippen LogP contribution in [0.5, 0.6) is 0 Å². The van der Waals surface area contributed by atoms with E-state index in [2.05, 4.69) is 10.4 Å². The van der Waals surface area contributed by atoms with Crippen LogP contribution in [0.4, 0.5) is 10.5 Å². The van der Waals surface area contributed by atoms with E-state index < -0.39 is 18.0 Å². The zero-order chi connectivity index (χ0) is 18.0. The summed E-state index contributed by atoms with van der Waals surface area (Å²) in [4.78, 5) is 27.0. The minimum absolute atomic E-state index is 0.0369. The van der Waals surface area contributed by atoms with E-state index in [0.29, 0.717) is 0 Å². The smallest absolute Gasteiger partial charge is 0.354 e. The highest BCUT2D eigenvalue weighted by Crippen LogP contribution is 2.30. The Morgan fingerprint density at radius 2 is 2.00 bits per heavy atom. The maximum absolute atomic E-state index is 12.9. The fraction of sp³-hybridized carbons (Fsp3) is 0.500. The van der Waals surface area contributed by atoms with E-state index >= 15 is 0 Å². The van der Waals surface area contributed by atoms with E-state index in [-0.39, 0.29) is 12.6 Å². The lowest BCUT2D eigenvalue weighted by Crippen LogP contribution is -2.48. The van der Waals surface area contributed by atoms with Crippen molar-refractivity contribution in [1.82, 2.24) is 19.8 Å². The van der Waals surface area contributed by atoms with Crippen LogP contribution in [0.3, 0.4) is 0 Å². The molecule has 0 bridgehead atoms. The summed E-state index contributed by atoms with van der Waals surface area (Å²) in [6.07, 6.45) is 1.07. The summed E-state index contributed by atoms with van der Waals surface area (Å²) in [6, 6.07) is 7.13. The molecule has 25 heavy (non-hydrogen) atoms. The molecule has 1 aliphatic heterocycles. The van der Waals surface area contributed by atoms with E-state index in [1.54, 1.807) is 4.90 Å². The molecule has 9 nitrogen and oxygen atoms in total. The molecule has 0 fully saturated rings. The second kappa shape index (κ2) is 7.16. The second-order valence-corrected chi connectivity index (χ2v) is 5.93. The van der Waals surface area contributed by atoms with Crippen molar-refractivity contribution in [1.29, 1.82) is 0 Å². The van der Waals surface area contributed by atoms with Gasteiger partial charge in [-0.1, -0.05) is 18.2 Å². The first-order chi connectivity index (χ1) is 12.1. The van der Waals surface area contributed by atoms with Crippen LogP contribution >= 0.6 is 0 Å². The minimum Gasteiger partial charge on any atom is -0.354 e. The zero-order valence-electron chi connectivity index (χ0n) is 14.5. The molecule has 0 saturated heterocycles. The molecule has 0 spiro atoms. The van der Waals surface area contributed by atoms with Crippen molar-refractivity contribution in [2.45, 2.75) is 38.6 Å². The van der Waals surface area contributed by atoms with Gasteiger partial charge in [0.25, 0.3) is 0 Å². The van der Waals surface area contributed by atoms with Gasteiger partial charge >= 0.3 is 11.7 Å². The van der Waals surface area contributed by atoms with Crippen molar-refractivity contribution in [2.75, 3.05) is 19.1 Å². The highest BCUT2D eigenvalue weighted by molar-refractivity contribution is 5.94. The van der Waals surface area contributed by atoms with Gasteiger partial charge in [0.1, 0.15) is 0 Å². The number of rotatable bonds is 4. The number of amides is 1. The van der Waals surface area contributed by atoms with Crippen LogP contribution < -0.4 is 10.6 Å². The van der Waals surface area contributed by atoms with Crippen molar-refractivity contribution in [3.05, 3.63) is 40.3 Å². The van der Waals surface area contributed by atoms with Gasteiger partial charge in [-0.2, -0.15) is 4.68 Å². The van der Waals surface area contributed by atoms with Gasteiger partial charge in [-0.25, -0.2) is 9.59 Å². The fourth-order valence-electron chi connectivity index (χ4n) is 2.98. The van der Waals surface area contributed by atoms with Gasteiger partial charge in [-0.05, 0) is 41.8 Å². The molecular formula is C16H21N5O4. The molecule has 1 unspecified atom stereocenters. The lowest BCUT2D eigenvalue weighted by molar-refractivity contribution is -0.113. The van der Waals surface area contributed by atoms with Gasteiger partial charge in [0.05, 0.1) is 6.54 Å². The number of carbonyl (C=O) groups excluding carboxylic acids is 1. The van der Waals surface area contributed by atoms with Gasteiger partial charge in [0.2, 0.25) is 0 Å². The van der Waals surface area contributed by atoms with Crippen molar-refractivity contribution in [3.63, 3.8) is 0 Å². The molecule has 1 aromatic heterocycles. The zero-order valence-corrected chi connectivity index (χ0v) is 14.5. The SMILES string of the molecule is COC(Cn1nnn(C(=O)N2c3ccccc3CCC2C)c1=O)OC. The van der Waals surface area contributed by atoms with Gasteiger partial charge in [0.15, 0.2) is 6.29 Å². The predicted molar refractivity (Wildman–Crippen MR) is 89.6 cm³/mol. The summed E-state index contributed by atoms with van der Waals surface area (Å²) in [5, 5.41) is 7.49. The van der Waals surface area contributed by atoms with Gasteiger partial charge in [-0.3, -0.25) is 4.90 Å². The number of benzene rings is 1. The van der Waals surface area contributed by atoms with Crippen LogP contribution in [0.15, 0.2) is 29.1 Å². The van der Waals surface area contributed by atoms with Crippen LogP contribution in [0, 0.1) is 0 Å². The number of carbonyl (C=O) groups is 1. The summed E-state index contributed by atoms with van der Waals surface area (Å²) < 4.78 is 11.9. The Hall–Kier alpha value is -2.52. The average Bonchev–Trinajstić information content (AvgIpc) is 2.99. The first-order valence-corrected chi connectivity index (χ1v) is 8.06. The number of hydrogen-bond donors (Lipinski definition) is 0. The third-order valence-electron chi connectivity index (χ3n) is 4.40. The Balaban J connectivity index is 1.92. The van der Waals surface area contributed by atoms with Crippen molar-refractivity contribution in [3.8, 4) is 0 Å².